The first-order chi connectivity index (χ1) is 21.2. The van der Waals surface area contributed by atoms with Gasteiger partial charge in [0.05, 0.1) is 35.4 Å². The molecular formula is C19H36N4O10S10. The SMILES string of the molecule is O=C(NCSCSCSCN=COOCSCSCOC(=O)NCSCSCSCN=COOCSCO)OCSCO. The largest absolute Gasteiger partial charge is 0.438 e. The lowest BCUT2D eigenvalue weighted by Crippen LogP contribution is -2.23. The maximum atomic E-state index is 11.7. The molecule has 43 heavy (non-hydrogen) atoms. The molecule has 0 unspecified atom stereocenters. The van der Waals surface area contributed by atoms with Gasteiger partial charge in [0, 0.05) is 25.4 Å². The molecule has 0 aliphatic carbocycles. The van der Waals surface area contributed by atoms with Crippen LogP contribution in [0.5, 0.6) is 0 Å². The van der Waals surface area contributed by atoms with Gasteiger partial charge in [0.2, 0.25) is 12.8 Å². The van der Waals surface area contributed by atoms with Gasteiger partial charge in [-0.3, -0.25) is 0 Å². The molecule has 0 aromatic heterocycles. The highest BCUT2D eigenvalue weighted by Crippen LogP contribution is 2.18. The fourth-order valence-corrected chi connectivity index (χ4v) is 9.07. The Morgan fingerprint density at radius 2 is 0.977 bits per heavy atom. The van der Waals surface area contributed by atoms with Crippen molar-refractivity contribution >= 4 is 143 Å². The highest BCUT2D eigenvalue weighted by atomic mass is 32.2. The number of carbonyl (C=O) groups is 2. The van der Waals surface area contributed by atoms with Crippen LogP contribution in [0, 0.1) is 0 Å². The summed E-state index contributed by atoms with van der Waals surface area (Å²) in [7, 11) is 0. The van der Waals surface area contributed by atoms with E-state index in [1.165, 1.54) is 48.1 Å². The summed E-state index contributed by atoms with van der Waals surface area (Å²) in [6.45, 7) is 0. The van der Waals surface area contributed by atoms with E-state index in [9.17, 15) is 9.59 Å². The Bertz CT molecular complexity index is 698. The number of ether oxygens (including phenoxy) is 2. The lowest BCUT2D eigenvalue weighted by Gasteiger charge is -2.06. The van der Waals surface area contributed by atoms with Crippen molar-refractivity contribution in [3.63, 3.8) is 0 Å². The second kappa shape index (κ2) is 39.0. The van der Waals surface area contributed by atoms with Gasteiger partial charge in [0.15, 0.2) is 0 Å². The van der Waals surface area contributed by atoms with Crippen LogP contribution in [0.15, 0.2) is 9.98 Å². The van der Waals surface area contributed by atoms with Crippen LogP contribution in [0.3, 0.4) is 0 Å². The summed E-state index contributed by atoms with van der Waals surface area (Å²) >= 11 is 15.1. The third kappa shape index (κ3) is 38.9. The first-order valence-corrected chi connectivity index (χ1v) is 23.1. The third-order valence-electron chi connectivity index (χ3n) is 3.17. The minimum Gasteiger partial charge on any atom is -0.438 e. The average molecular weight is 801 g/mol. The Morgan fingerprint density at radius 3 is 1.51 bits per heavy atom. The monoisotopic (exact) mass is 800 g/mol. The molecule has 24 heteroatoms. The average Bonchev–Trinajstić information content (AvgIpc) is 3.00. The van der Waals surface area contributed by atoms with Gasteiger partial charge < -0.3 is 40.1 Å². The van der Waals surface area contributed by atoms with Crippen molar-refractivity contribution in [1.29, 1.82) is 0 Å². The van der Waals surface area contributed by atoms with Crippen molar-refractivity contribution in [2.24, 2.45) is 9.98 Å². The van der Waals surface area contributed by atoms with Crippen LogP contribution in [0.4, 0.5) is 9.59 Å². The fourth-order valence-electron chi connectivity index (χ4n) is 1.59. The van der Waals surface area contributed by atoms with Crippen molar-refractivity contribution in [2.45, 2.75) is 0 Å². The Morgan fingerprint density at radius 1 is 0.558 bits per heavy atom. The van der Waals surface area contributed by atoms with Gasteiger partial charge in [-0.15, -0.1) is 106 Å². The van der Waals surface area contributed by atoms with Gasteiger partial charge in [-0.1, -0.05) is 11.8 Å². The van der Waals surface area contributed by atoms with Gasteiger partial charge >= 0.3 is 12.2 Å². The Hall–Kier alpha value is 0.820. The molecule has 0 aromatic rings. The van der Waals surface area contributed by atoms with E-state index in [-0.39, 0.29) is 29.7 Å². The van der Waals surface area contributed by atoms with E-state index in [1.54, 1.807) is 70.6 Å². The summed E-state index contributed by atoms with van der Waals surface area (Å²) in [6, 6.07) is 0. The van der Waals surface area contributed by atoms with Crippen LogP contribution < -0.4 is 10.6 Å². The van der Waals surface area contributed by atoms with Crippen molar-refractivity contribution in [2.75, 3.05) is 84.6 Å². The maximum Gasteiger partial charge on any atom is 0.408 e. The second-order valence-electron chi connectivity index (χ2n) is 6.13. The highest BCUT2D eigenvalue weighted by molar-refractivity contribution is 8.23. The smallest absolute Gasteiger partial charge is 0.408 e. The Balaban J connectivity index is 3.26. The van der Waals surface area contributed by atoms with E-state index in [0.29, 0.717) is 34.5 Å². The van der Waals surface area contributed by atoms with Crippen molar-refractivity contribution < 1.29 is 48.8 Å². The summed E-state index contributed by atoms with van der Waals surface area (Å²) in [6.07, 6.45) is 1.55. The lowest BCUT2D eigenvalue weighted by atomic mass is 11.1. The van der Waals surface area contributed by atoms with Gasteiger partial charge in [0.1, 0.15) is 23.8 Å². The number of aliphatic hydroxyl groups is 2. The molecule has 0 rings (SSSR count). The summed E-state index contributed by atoms with van der Waals surface area (Å²) < 4.78 is 9.91. The number of carbonyl (C=O) groups excluding carboxylic acids is 2. The molecule has 0 spiro atoms. The molecular weight excluding hydrogens is 765 g/mol. The number of nitrogens with one attached hydrogen (secondary N) is 2. The van der Waals surface area contributed by atoms with Crippen LogP contribution in [-0.4, -0.2) is 120 Å². The molecule has 2 amide bonds. The number of rotatable bonds is 32. The predicted molar refractivity (Wildman–Crippen MR) is 194 cm³/mol. The summed E-state index contributed by atoms with van der Waals surface area (Å²) in [5.74, 6) is 2.86. The molecule has 4 N–H and O–H groups in total. The summed E-state index contributed by atoms with van der Waals surface area (Å²) in [4.78, 5) is 50.3. The minimum atomic E-state index is -0.493. The van der Waals surface area contributed by atoms with E-state index in [0.717, 1.165) is 32.1 Å². The van der Waals surface area contributed by atoms with Crippen LogP contribution in [-0.2, 0) is 29.0 Å². The zero-order chi connectivity index (χ0) is 31.3. The Kier molecular flexibility index (Phi) is 39.7. The van der Waals surface area contributed by atoms with E-state index in [4.69, 9.17) is 34.3 Å². The van der Waals surface area contributed by atoms with Crippen molar-refractivity contribution in [1.82, 2.24) is 10.6 Å². The second-order valence-corrected chi connectivity index (χ2v) is 17.5. The molecule has 0 radical (unpaired) electrons. The molecule has 0 saturated carbocycles. The van der Waals surface area contributed by atoms with Gasteiger partial charge in [-0.2, -0.15) is 9.78 Å². The van der Waals surface area contributed by atoms with E-state index >= 15 is 0 Å². The number of hydrogen-bond donors (Lipinski definition) is 4. The molecule has 14 nitrogen and oxygen atoms in total. The molecule has 0 fully saturated rings. The zero-order valence-corrected chi connectivity index (χ0v) is 31.1. The van der Waals surface area contributed by atoms with E-state index in [2.05, 4.69) is 25.5 Å². The quantitative estimate of drug-likeness (QED) is 0.0177. The van der Waals surface area contributed by atoms with Crippen molar-refractivity contribution in [3.8, 4) is 0 Å². The third-order valence-corrected chi connectivity index (χ3v) is 12.7. The minimum absolute atomic E-state index is 0.0206. The number of hydrogen-bond acceptors (Lipinski definition) is 22. The maximum absolute atomic E-state index is 11.7. The fraction of sp³-hybridized carbons (Fsp3) is 0.789. The number of aliphatic hydroxyl groups excluding tert-OH is 2. The number of amides is 2. The van der Waals surface area contributed by atoms with Crippen LogP contribution in [0.25, 0.3) is 0 Å². The molecule has 0 heterocycles. The molecule has 252 valence electrons. The predicted octanol–water partition coefficient (Wildman–Crippen LogP) is 5.07. The first kappa shape index (κ1) is 43.8. The standard InChI is InChI=1S/C19H36N4O10S10/c24-7-38-9-28-18(26)22-5-36-15-42-14-35-4-21-2-31-33-12-41-17-40-10-29-19(27)23-6-37-16-43-13-34-3-20-1-30-32-11-39-8-25/h1-2,24-25H,3-17H2,(H,22,26)(H,23,27). The van der Waals surface area contributed by atoms with E-state index in [1.807, 2.05) is 0 Å². The molecule has 0 aliphatic heterocycles. The summed E-state index contributed by atoms with van der Waals surface area (Å²) in [5.41, 5.74) is 0. The van der Waals surface area contributed by atoms with Crippen molar-refractivity contribution in [3.05, 3.63) is 0 Å². The molecule has 0 aliphatic rings. The van der Waals surface area contributed by atoms with Crippen LogP contribution in [0.1, 0.15) is 0 Å². The zero-order valence-electron chi connectivity index (χ0n) is 22.9. The van der Waals surface area contributed by atoms with Gasteiger partial charge in [-0.05, 0) is 0 Å². The molecule has 0 aromatic carbocycles. The van der Waals surface area contributed by atoms with Crippen LogP contribution in [0.2, 0.25) is 0 Å². The Labute approximate surface area is 294 Å². The highest BCUT2D eigenvalue weighted by Gasteiger charge is 2.02. The number of nitrogens with zero attached hydrogens (tertiary/aromatic N) is 2. The first-order valence-electron chi connectivity index (χ1n) is 11.5. The van der Waals surface area contributed by atoms with Gasteiger partial charge in [0.25, 0.3) is 0 Å². The number of alkyl carbamates (subject to hydrolysis) is 2. The number of thioether (sulfide) groups is 10. The van der Waals surface area contributed by atoms with Gasteiger partial charge in [-0.25, -0.2) is 19.6 Å². The molecule has 0 bridgehead atoms. The molecule has 0 atom stereocenters. The normalized spacial score (nSPS) is 11.2. The van der Waals surface area contributed by atoms with E-state index < -0.39 is 12.2 Å². The number of aliphatic imine (C=N–C) groups is 2. The molecule has 0 saturated heterocycles. The lowest BCUT2D eigenvalue weighted by molar-refractivity contribution is -0.196. The summed E-state index contributed by atoms with van der Waals surface area (Å²) in [5, 5.41) is 26.5. The topological polar surface area (TPSA) is 179 Å². The van der Waals surface area contributed by atoms with Crippen LogP contribution >= 0.6 is 118 Å².